The summed E-state index contributed by atoms with van der Waals surface area (Å²) in [5.41, 5.74) is 1.90. The first-order chi connectivity index (χ1) is 10.2. The van der Waals surface area contributed by atoms with E-state index >= 15 is 0 Å². The van der Waals surface area contributed by atoms with Gasteiger partial charge in [0.05, 0.1) is 17.4 Å². The van der Waals surface area contributed by atoms with E-state index in [1.54, 1.807) is 24.3 Å². The van der Waals surface area contributed by atoms with E-state index in [1.165, 1.54) is 12.1 Å². The first kappa shape index (κ1) is 13.4. The van der Waals surface area contributed by atoms with Gasteiger partial charge < -0.3 is 10.1 Å². The smallest absolute Gasteiger partial charge is 0.262 e. The van der Waals surface area contributed by atoms with Gasteiger partial charge in [0.15, 0.2) is 18.2 Å². The number of hydrogen-bond donors (Lipinski definition) is 1. The van der Waals surface area contributed by atoms with Crippen molar-refractivity contribution in [3.63, 3.8) is 0 Å². The lowest BCUT2D eigenvalue weighted by Crippen LogP contribution is -2.20. The largest absolute Gasteiger partial charge is 0.481 e. The van der Waals surface area contributed by atoms with Crippen LogP contribution in [0.4, 0.5) is 10.1 Å². The van der Waals surface area contributed by atoms with Crippen LogP contribution in [0, 0.1) is 5.82 Å². The molecule has 0 saturated carbocycles. The Hall–Kier alpha value is -2.54. The third-order valence-corrected chi connectivity index (χ3v) is 3.30. The molecule has 1 heterocycles. The minimum absolute atomic E-state index is 0.0428. The van der Waals surface area contributed by atoms with Crippen molar-refractivity contribution in [2.75, 3.05) is 11.9 Å². The van der Waals surface area contributed by atoms with Gasteiger partial charge in [0.1, 0.15) is 11.0 Å². The lowest BCUT2D eigenvalue weighted by Gasteiger charge is -2.08. The van der Waals surface area contributed by atoms with Gasteiger partial charge in [-0.3, -0.25) is 4.79 Å². The minimum Gasteiger partial charge on any atom is -0.481 e. The van der Waals surface area contributed by atoms with Crippen LogP contribution in [-0.4, -0.2) is 21.3 Å². The maximum absolute atomic E-state index is 13.4. The fraction of sp³-hybridized carbons (Fsp3) is 0.0714. The molecule has 2 aromatic carbocycles. The Morgan fingerprint density at radius 1 is 1.19 bits per heavy atom. The van der Waals surface area contributed by atoms with Gasteiger partial charge in [0.2, 0.25) is 0 Å². The second-order valence-electron chi connectivity index (χ2n) is 4.20. The SMILES string of the molecule is O=C(COc1ccccc1F)Nc1cccc2nsnc12. The molecule has 0 unspecified atom stereocenters. The molecule has 0 bridgehead atoms. The molecule has 21 heavy (non-hydrogen) atoms. The Morgan fingerprint density at radius 3 is 2.90 bits per heavy atom. The van der Waals surface area contributed by atoms with Crippen LogP contribution in [0.5, 0.6) is 5.75 Å². The molecule has 0 aliphatic heterocycles. The molecule has 0 aliphatic rings. The van der Waals surface area contributed by atoms with Gasteiger partial charge in [-0.05, 0) is 24.3 Å². The van der Waals surface area contributed by atoms with Crippen LogP contribution in [0.2, 0.25) is 0 Å². The molecule has 3 rings (SSSR count). The van der Waals surface area contributed by atoms with Crippen molar-refractivity contribution >= 4 is 34.4 Å². The molecule has 1 amide bonds. The molecule has 5 nitrogen and oxygen atoms in total. The number of nitrogens with one attached hydrogen (secondary N) is 1. The zero-order valence-corrected chi connectivity index (χ0v) is 11.6. The number of fused-ring (bicyclic) bond motifs is 1. The molecule has 106 valence electrons. The monoisotopic (exact) mass is 303 g/mol. The van der Waals surface area contributed by atoms with E-state index in [4.69, 9.17) is 4.74 Å². The lowest BCUT2D eigenvalue weighted by molar-refractivity contribution is -0.118. The molecule has 1 aromatic heterocycles. The maximum atomic E-state index is 13.4. The number of ether oxygens (including phenoxy) is 1. The summed E-state index contributed by atoms with van der Waals surface area (Å²) >= 11 is 1.07. The zero-order chi connectivity index (χ0) is 14.7. The minimum atomic E-state index is -0.504. The van der Waals surface area contributed by atoms with Crippen molar-refractivity contribution in [1.82, 2.24) is 8.75 Å². The van der Waals surface area contributed by atoms with E-state index in [0.717, 1.165) is 11.7 Å². The Morgan fingerprint density at radius 2 is 2.05 bits per heavy atom. The summed E-state index contributed by atoms with van der Waals surface area (Å²) in [6.07, 6.45) is 0. The number of amides is 1. The Bertz CT molecular complexity index is 790. The Kier molecular flexibility index (Phi) is 3.74. The fourth-order valence-electron chi connectivity index (χ4n) is 1.80. The number of rotatable bonds is 4. The summed E-state index contributed by atoms with van der Waals surface area (Å²) < 4.78 is 26.7. The maximum Gasteiger partial charge on any atom is 0.262 e. The summed E-state index contributed by atoms with van der Waals surface area (Å²) in [6.45, 7) is -0.283. The van der Waals surface area contributed by atoms with Crippen LogP contribution >= 0.6 is 11.7 Å². The summed E-state index contributed by atoms with van der Waals surface area (Å²) in [7, 11) is 0. The molecule has 0 spiro atoms. The quantitative estimate of drug-likeness (QED) is 0.805. The number of para-hydroxylation sites is 1. The first-order valence-corrected chi connectivity index (χ1v) is 6.85. The summed E-state index contributed by atoms with van der Waals surface area (Å²) in [5.74, 6) is -0.851. The van der Waals surface area contributed by atoms with Crippen molar-refractivity contribution in [3.8, 4) is 5.75 Å². The van der Waals surface area contributed by atoms with Crippen molar-refractivity contribution in [2.24, 2.45) is 0 Å². The number of benzene rings is 2. The number of hydrogen-bond acceptors (Lipinski definition) is 5. The predicted octanol–water partition coefficient (Wildman–Crippen LogP) is 2.85. The molecule has 0 atom stereocenters. The Labute approximate surface area is 123 Å². The summed E-state index contributed by atoms with van der Waals surface area (Å²) in [6, 6.07) is 11.2. The molecule has 0 saturated heterocycles. The van der Waals surface area contributed by atoms with Crippen LogP contribution < -0.4 is 10.1 Å². The van der Waals surface area contributed by atoms with Gasteiger partial charge in [-0.15, -0.1) is 0 Å². The predicted molar refractivity (Wildman–Crippen MR) is 77.9 cm³/mol. The van der Waals surface area contributed by atoms with Crippen LogP contribution in [-0.2, 0) is 4.79 Å². The van der Waals surface area contributed by atoms with E-state index in [9.17, 15) is 9.18 Å². The van der Waals surface area contributed by atoms with Gasteiger partial charge in [-0.25, -0.2) is 4.39 Å². The number of carbonyl (C=O) groups excluding carboxylic acids is 1. The molecule has 7 heteroatoms. The highest BCUT2D eigenvalue weighted by molar-refractivity contribution is 7.00. The van der Waals surface area contributed by atoms with Crippen molar-refractivity contribution in [1.29, 1.82) is 0 Å². The van der Waals surface area contributed by atoms with Crippen molar-refractivity contribution < 1.29 is 13.9 Å². The molecule has 3 aromatic rings. The van der Waals surface area contributed by atoms with E-state index in [-0.39, 0.29) is 12.4 Å². The average Bonchev–Trinajstić information content (AvgIpc) is 2.96. The fourth-order valence-corrected chi connectivity index (χ4v) is 2.35. The van der Waals surface area contributed by atoms with E-state index in [0.29, 0.717) is 16.7 Å². The highest BCUT2D eigenvalue weighted by Crippen LogP contribution is 2.21. The second-order valence-corrected chi connectivity index (χ2v) is 4.73. The van der Waals surface area contributed by atoms with Gasteiger partial charge in [-0.2, -0.15) is 8.75 Å². The number of halogens is 1. The third-order valence-electron chi connectivity index (χ3n) is 2.76. The van der Waals surface area contributed by atoms with Gasteiger partial charge in [0.25, 0.3) is 5.91 Å². The molecular weight excluding hydrogens is 293 g/mol. The Balaban J connectivity index is 1.67. The normalized spacial score (nSPS) is 10.5. The van der Waals surface area contributed by atoms with E-state index in [2.05, 4.69) is 14.1 Å². The second kappa shape index (κ2) is 5.84. The van der Waals surface area contributed by atoms with E-state index < -0.39 is 11.7 Å². The van der Waals surface area contributed by atoms with Gasteiger partial charge >= 0.3 is 0 Å². The zero-order valence-electron chi connectivity index (χ0n) is 10.7. The molecular formula is C14H10FN3O2S. The topological polar surface area (TPSA) is 64.1 Å². The summed E-state index contributed by atoms with van der Waals surface area (Å²) in [5, 5.41) is 2.68. The number of aromatic nitrogens is 2. The number of anilines is 1. The van der Waals surface area contributed by atoms with E-state index in [1.807, 2.05) is 6.07 Å². The number of nitrogens with zero attached hydrogens (tertiary/aromatic N) is 2. The number of carbonyl (C=O) groups is 1. The standard InChI is InChI=1S/C14H10FN3O2S/c15-9-4-1-2-7-12(9)20-8-13(19)16-10-5-3-6-11-14(10)18-21-17-11/h1-7H,8H2,(H,16,19). The average molecular weight is 303 g/mol. The molecule has 0 aliphatic carbocycles. The summed E-state index contributed by atoms with van der Waals surface area (Å²) in [4.78, 5) is 11.9. The lowest BCUT2D eigenvalue weighted by atomic mass is 10.2. The molecule has 1 N–H and O–H groups in total. The molecule has 0 fully saturated rings. The van der Waals surface area contributed by atoms with Crippen LogP contribution in [0.25, 0.3) is 11.0 Å². The van der Waals surface area contributed by atoms with Crippen LogP contribution in [0.1, 0.15) is 0 Å². The highest BCUT2D eigenvalue weighted by atomic mass is 32.1. The molecule has 0 radical (unpaired) electrons. The van der Waals surface area contributed by atoms with Gasteiger partial charge in [-0.1, -0.05) is 18.2 Å². The first-order valence-electron chi connectivity index (χ1n) is 6.12. The van der Waals surface area contributed by atoms with Crippen LogP contribution in [0.15, 0.2) is 42.5 Å². The third kappa shape index (κ3) is 2.97. The highest BCUT2D eigenvalue weighted by Gasteiger charge is 2.10. The van der Waals surface area contributed by atoms with Crippen molar-refractivity contribution in [2.45, 2.75) is 0 Å². The van der Waals surface area contributed by atoms with Crippen LogP contribution in [0.3, 0.4) is 0 Å². The van der Waals surface area contributed by atoms with Gasteiger partial charge in [0, 0.05) is 0 Å². The van der Waals surface area contributed by atoms with Crippen molar-refractivity contribution in [3.05, 3.63) is 48.3 Å².